The Morgan fingerprint density at radius 3 is 2.55 bits per heavy atom. The van der Waals surface area contributed by atoms with Crippen molar-refractivity contribution in [1.29, 1.82) is 0 Å². The molecule has 1 amide bonds. The normalized spacial score (nSPS) is 29.0. The van der Waals surface area contributed by atoms with Crippen molar-refractivity contribution in [2.75, 3.05) is 6.54 Å². The fourth-order valence-electron chi connectivity index (χ4n) is 7.09. The first-order chi connectivity index (χ1) is 15.0. The zero-order chi connectivity index (χ0) is 21.2. The minimum atomic E-state index is -0.0897. The van der Waals surface area contributed by atoms with Crippen LogP contribution in [0.25, 0.3) is 16.9 Å². The maximum Gasteiger partial charge on any atom is 0.271 e. The number of fused-ring (bicyclic) bond motifs is 1. The highest BCUT2D eigenvalue weighted by molar-refractivity contribution is 5.93. The van der Waals surface area contributed by atoms with E-state index in [4.69, 9.17) is 0 Å². The van der Waals surface area contributed by atoms with Crippen molar-refractivity contribution >= 4 is 11.6 Å². The van der Waals surface area contributed by atoms with Crippen LogP contribution < -0.4 is 5.32 Å². The Hall–Kier alpha value is -2.70. The lowest BCUT2D eigenvalue weighted by molar-refractivity contribution is -0.0503. The molecule has 162 valence electrons. The predicted molar refractivity (Wildman–Crippen MR) is 118 cm³/mol. The van der Waals surface area contributed by atoms with Crippen molar-refractivity contribution in [2.24, 2.45) is 23.2 Å². The number of aromatic nitrogens is 5. The zero-order valence-corrected chi connectivity index (χ0v) is 18.3. The van der Waals surface area contributed by atoms with Gasteiger partial charge in [-0.1, -0.05) is 0 Å². The molecule has 4 bridgehead atoms. The number of nitrogens with one attached hydrogen (secondary N) is 1. The van der Waals surface area contributed by atoms with Gasteiger partial charge in [0.2, 0.25) is 0 Å². The van der Waals surface area contributed by atoms with Crippen molar-refractivity contribution in [1.82, 2.24) is 29.7 Å². The Morgan fingerprint density at radius 1 is 1.19 bits per heavy atom. The molecule has 0 radical (unpaired) electrons. The van der Waals surface area contributed by atoms with Gasteiger partial charge in [-0.05, 0) is 81.6 Å². The van der Waals surface area contributed by atoms with Gasteiger partial charge in [0.1, 0.15) is 0 Å². The van der Waals surface area contributed by atoms with Gasteiger partial charge in [-0.15, -0.1) is 0 Å². The van der Waals surface area contributed by atoms with Gasteiger partial charge in [-0.2, -0.15) is 10.2 Å². The second-order valence-electron chi connectivity index (χ2n) is 10.2. The summed E-state index contributed by atoms with van der Waals surface area (Å²) in [5, 5.41) is 12.3. The summed E-state index contributed by atoms with van der Waals surface area (Å²) >= 11 is 0. The highest BCUT2D eigenvalue weighted by Gasteiger charge is 2.50. The zero-order valence-electron chi connectivity index (χ0n) is 18.3. The molecule has 3 aromatic heterocycles. The Kier molecular flexibility index (Phi) is 4.24. The maximum atomic E-state index is 13.0. The smallest absolute Gasteiger partial charge is 0.271 e. The van der Waals surface area contributed by atoms with Crippen LogP contribution in [0.5, 0.6) is 0 Å². The summed E-state index contributed by atoms with van der Waals surface area (Å²) in [7, 11) is 0. The van der Waals surface area contributed by atoms with E-state index < -0.39 is 0 Å². The number of aryl methyl sites for hydroxylation is 1. The molecule has 0 aromatic carbocycles. The number of hydrogen-bond acceptors (Lipinski definition) is 4. The van der Waals surface area contributed by atoms with Gasteiger partial charge < -0.3 is 5.32 Å². The molecule has 7 nitrogen and oxygen atoms in total. The molecule has 0 unspecified atom stereocenters. The van der Waals surface area contributed by atoms with Gasteiger partial charge in [-0.25, -0.2) is 9.50 Å². The van der Waals surface area contributed by atoms with Gasteiger partial charge in [-0.3, -0.25) is 9.48 Å². The van der Waals surface area contributed by atoms with Gasteiger partial charge >= 0.3 is 0 Å². The van der Waals surface area contributed by atoms with Crippen LogP contribution in [0.2, 0.25) is 0 Å². The van der Waals surface area contributed by atoms with Crippen molar-refractivity contribution in [3.05, 3.63) is 35.9 Å². The van der Waals surface area contributed by atoms with E-state index in [1.165, 1.54) is 38.5 Å². The summed E-state index contributed by atoms with van der Waals surface area (Å²) in [5.74, 6) is 2.57. The second-order valence-corrected chi connectivity index (χ2v) is 10.2. The van der Waals surface area contributed by atoms with Crippen molar-refractivity contribution in [3.8, 4) is 11.3 Å². The van der Waals surface area contributed by atoms with Crippen LogP contribution in [0.3, 0.4) is 0 Å². The molecule has 1 N–H and O–H groups in total. The molecule has 0 atom stereocenters. The lowest BCUT2D eigenvalue weighted by atomic mass is 9.49. The molecule has 31 heavy (non-hydrogen) atoms. The first-order valence-electron chi connectivity index (χ1n) is 11.7. The number of carbonyl (C=O) groups excluding carboxylic acids is 1. The third-order valence-corrected chi connectivity index (χ3v) is 8.06. The molecule has 4 saturated carbocycles. The van der Waals surface area contributed by atoms with Crippen molar-refractivity contribution in [3.63, 3.8) is 0 Å². The van der Waals surface area contributed by atoms with Gasteiger partial charge in [0.25, 0.3) is 5.91 Å². The Morgan fingerprint density at radius 2 is 1.90 bits per heavy atom. The third-order valence-electron chi connectivity index (χ3n) is 8.06. The van der Waals surface area contributed by atoms with Crippen LogP contribution in [0, 0.1) is 30.1 Å². The summed E-state index contributed by atoms with van der Waals surface area (Å²) in [6.45, 7) is 5.73. The molecule has 3 aromatic rings. The van der Waals surface area contributed by atoms with Crippen molar-refractivity contribution < 1.29 is 4.79 Å². The van der Waals surface area contributed by atoms with Crippen molar-refractivity contribution in [2.45, 2.75) is 58.9 Å². The quantitative estimate of drug-likeness (QED) is 0.682. The lowest BCUT2D eigenvalue weighted by Crippen LogP contribution is -2.51. The standard InChI is InChI=1S/C24H30N6O/c1-3-29-15(2)19(13-27-29)21-4-5-25-22-9-20(28-30(21)22)23(31)26-14-24-10-16-6-17(11-24)8-18(7-16)12-24/h4-5,9,13,16-18H,3,6-8,10-12,14H2,1-2H3,(H,26,31). The van der Waals surface area contributed by atoms with E-state index in [1.807, 2.05) is 16.9 Å². The number of nitrogens with zero attached hydrogens (tertiary/aromatic N) is 5. The van der Waals surface area contributed by atoms with Crippen LogP contribution in [0.4, 0.5) is 0 Å². The molecule has 3 heterocycles. The van der Waals surface area contributed by atoms with Crippen LogP contribution in [0.1, 0.15) is 61.6 Å². The molecule has 7 rings (SSSR count). The van der Waals surface area contributed by atoms with Crippen LogP contribution in [-0.2, 0) is 6.54 Å². The van der Waals surface area contributed by atoms with Crippen LogP contribution in [0.15, 0.2) is 24.5 Å². The van der Waals surface area contributed by atoms with E-state index in [2.05, 4.69) is 34.3 Å². The fourth-order valence-corrected chi connectivity index (χ4v) is 7.09. The minimum Gasteiger partial charge on any atom is -0.350 e. The molecular weight excluding hydrogens is 388 g/mol. The average Bonchev–Trinajstić information content (AvgIpc) is 3.34. The highest BCUT2D eigenvalue weighted by Crippen LogP contribution is 2.59. The fraction of sp³-hybridized carbons (Fsp3) is 0.583. The summed E-state index contributed by atoms with van der Waals surface area (Å²) in [6, 6.07) is 3.72. The Bertz CT molecular complexity index is 1120. The molecule has 4 fully saturated rings. The number of amides is 1. The molecule has 0 spiro atoms. The molecule has 0 aliphatic heterocycles. The molecular formula is C24H30N6O. The van der Waals surface area contributed by atoms with Crippen LogP contribution >= 0.6 is 0 Å². The first kappa shape index (κ1) is 19.0. The SMILES string of the molecule is CCn1ncc(-c2ccnc3cc(C(=O)NCC45CC6CC(CC(C6)C4)C5)nn23)c1C. The summed E-state index contributed by atoms with van der Waals surface area (Å²) in [5.41, 5.74) is 4.43. The first-order valence-corrected chi connectivity index (χ1v) is 11.7. The van der Waals surface area contributed by atoms with Crippen LogP contribution in [-0.4, -0.2) is 36.8 Å². The number of rotatable bonds is 5. The molecule has 7 heteroatoms. The largest absolute Gasteiger partial charge is 0.350 e. The summed E-state index contributed by atoms with van der Waals surface area (Å²) in [4.78, 5) is 17.5. The third kappa shape index (κ3) is 3.08. The molecule has 4 aliphatic carbocycles. The number of hydrogen-bond donors (Lipinski definition) is 1. The van der Waals surface area contributed by atoms with E-state index in [-0.39, 0.29) is 5.91 Å². The maximum absolute atomic E-state index is 13.0. The van der Waals surface area contributed by atoms with Gasteiger partial charge in [0.05, 0.1) is 11.9 Å². The topological polar surface area (TPSA) is 77.1 Å². The Labute approximate surface area is 182 Å². The van der Waals surface area contributed by atoms with E-state index in [0.717, 1.165) is 47.8 Å². The number of carbonyl (C=O) groups is 1. The average molecular weight is 419 g/mol. The van der Waals surface area contributed by atoms with E-state index in [9.17, 15) is 4.79 Å². The predicted octanol–water partition coefficient (Wildman–Crippen LogP) is 3.87. The van der Waals surface area contributed by atoms with E-state index in [1.54, 1.807) is 16.8 Å². The van der Waals surface area contributed by atoms with E-state index >= 15 is 0 Å². The van der Waals surface area contributed by atoms with Gasteiger partial charge in [0, 0.05) is 36.6 Å². The molecule has 0 saturated heterocycles. The minimum absolute atomic E-state index is 0.0897. The lowest BCUT2D eigenvalue weighted by Gasteiger charge is -2.56. The summed E-state index contributed by atoms with van der Waals surface area (Å²) < 4.78 is 3.73. The van der Waals surface area contributed by atoms with E-state index in [0.29, 0.717) is 16.8 Å². The monoisotopic (exact) mass is 418 g/mol. The Balaban J connectivity index is 1.25. The second kappa shape index (κ2) is 6.90. The summed E-state index contributed by atoms with van der Waals surface area (Å²) in [6.07, 6.45) is 11.8. The molecule has 4 aliphatic rings. The highest BCUT2D eigenvalue weighted by atomic mass is 16.1. The van der Waals surface area contributed by atoms with Gasteiger partial charge in [0.15, 0.2) is 11.3 Å².